The van der Waals surface area contributed by atoms with Gasteiger partial charge in [-0.15, -0.1) is 0 Å². The first kappa shape index (κ1) is 22.3. The number of benzene rings is 2. The van der Waals surface area contributed by atoms with Gasteiger partial charge in [0.2, 0.25) is 5.91 Å². The van der Waals surface area contributed by atoms with Gasteiger partial charge in [-0.1, -0.05) is 24.3 Å². The maximum Gasteiger partial charge on any atom is 0.253 e. The fraction of sp³-hybridized carbons (Fsp3) is 0.462. The van der Waals surface area contributed by atoms with Crippen LogP contribution in [0.2, 0.25) is 0 Å². The summed E-state index contributed by atoms with van der Waals surface area (Å²) in [5.74, 6) is 1.04. The highest BCUT2D eigenvalue weighted by atomic mass is 16.5. The van der Waals surface area contributed by atoms with E-state index in [1.54, 1.807) is 7.11 Å². The molecule has 0 spiro atoms. The minimum absolute atomic E-state index is 0.0682. The number of carbonyl (C=O) groups excluding carboxylic acids is 2. The van der Waals surface area contributed by atoms with Crippen molar-refractivity contribution in [3.63, 3.8) is 0 Å². The Bertz CT molecular complexity index is 914. The average Bonchev–Trinajstić information content (AvgIpc) is 3.35. The summed E-state index contributed by atoms with van der Waals surface area (Å²) in [7, 11) is 1.65. The van der Waals surface area contributed by atoms with Crippen LogP contribution in [0.15, 0.2) is 48.5 Å². The Labute approximate surface area is 190 Å². The van der Waals surface area contributed by atoms with Crippen molar-refractivity contribution in [1.29, 1.82) is 0 Å². The molecule has 2 heterocycles. The molecule has 2 aromatic carbocycles. The molecule has 170 valence electrons. The molecular formula is C26H33N3O3. The quantitative estimate of drug-likeness (QED) is 0.670. The van der Waals surface area contributed by atoms with Crippen molar-refractivity contribution >= 4 is 11.8 Å². The normalized spacial score (nSPS) is 16.9. The molecule has 2 aliphatic heterocycles. The zero-order chi connectivity index (χ0) is 22.3. The van der Waals surface area contributed by atoms with Crippen molar-refractivity contribution in [1.82, 2.24) is 14.7 Å². The van der Waals surface area contributed by atoms with E-state index in [0.29, 0.717) is 39.0 Å². The summed E-state index contributed by atoms with van der Waals surface area (Å²) in [6.07, 6.45) is 3.73. The molecule has 2 amide bonds. The summed E-state index contributed by atoms with van der Waals surface area (Å²) in [6, 6.07) is 15.9. The lowest BCUT2D eigenvalue weighted by atomic mass is 10.1. The molecule has 0 aliphatic carbocycles. The smallest absolute Gasteiger partial charge is 0.253 e. The van der Waals surface area contributed by atoms with Crippen molar-refractivity contribution < 1.29 is 14.3 Å². The Kier molecular flexibility index (Phi) is 7.43. The highest BCUT2D eigenvalue weighted by Crippen LogP contribution is 2.17. The number of hydrogen-bond donors (Lipinski definition) is 0. The van der Waals surface area contributed by atoms with Crippen molar-refractivity contribution in [2.45, 2.75) is 32.2 Å². The monoisotopic (exact) mass is 435 g/mol. The molecule has 4 rings (SSSR count). The van der Waals surface area contributed by atoms with E-state index in [0.717, 1.165) is 36.5 Å². The molecule has 0 unspecified atom stereocenters. The Morgan fingerprint density at radius 2 is 1.53 bits per heavy atom. The van der Waals surface area contributed by atoms with Crippen molar-refractivity contribution in [3.8, 4) is 5.75 Å². The van der Waals surface area contributed by atoms with Gasteiger partial charge in [0.05, 0.1) is 7.11 Å². The summed E-state index contributed by atoms with van der Waals surface area (Å²) >= 11 is 0. The second-order valence-electron chi connectivity index (χ2n) is 8.70. The van der Waals surface area contributed by atoms with Crippen LogP contribution in [0.4, 0.5) is 0 Å². The average molecular weight is 436 g/mol. The molecule has 0 atom stereocenters. The number of ether oxygens (including phenoxy) is 1. The van der Waals surface area contributed by atoms with Gasteiger partial charge in [-0.3, -0.25) is 14.5 Å². The van der Waals surface area contributed by atoms with E-state index in [1.165, 1.54) is 18.4 Å². The SMILES string of the molecule is COc1ccc(CCC(=O)N2CCN(C(=O)c3cccc(CN4CCCC4)c3)CC2)cc1. The van der Waals surface area contributed by atoms with E-state index in [2.05, 4.69) is 11.0 Å². The van der Waals surface area contributed by atoms with E-state index in [9.17, 15) is 9.59 Å². The number of hydrogen-bond acceptors (Lipinski definition) is 4. The lowest BCUT2D eigenvalue weighted by Crippen LogP contribution is -2.50. The first-order chi connectivity index (χ1) is 15.6. The molecule has 6 nitrogen and oxygen atoms in total. The number of nitrogens with zero attached hydrogens (tertiary/aromatic N) is 3. The first-order valence-electron chi connectivity index (χ1n) is 11.6. The third-order valence-corrected chi connectivity index (χ3v) is 6.48. The van der Waals surface area contributed by atoms with Crippen molar-refractivity contribution in [2.24, 2.45) is 0 Å². The molecule has 0 radical (unpaired) electrons. The Balaban J connectivity index is 1.25. The second kappa shape index (κ2) is 10.6. The molecule has 2 fully saturated rings. The number of methoxy groups -OCH3 is 1. The summed E-state index contributed by atoms with van der Waals surface area (Å²) < 4.78 is 5.18. The Hall–Kier alpha value is -2.86. The zero-order valence-corrected chi connectivity index (χ0v) is 19.0. The molecule has 32 heavy (non-hydrogen) atoms. The number of aryl methyl sites for hydroxylation is 1. The number of piperazine rings is 1. The van der Waals surface area contributed by atoms with Crippen LogP contribution < -0.4 is 4.74 Å². The largest absolute Gasteiger partial charge is 0.497 e. The van der Waals surface area contributed by atoms with Crippen LogP contribution in [-0.4, -0.2) is 72.9 Å². The van der Waals surface area contributed by atoms with E-state index in [1.807, 2.05) is 52.3 Å². The lowest BCUT2D eigenvalue weighted by Gasteiger charge is -2.35. The summed E-state index contributed by atoms with van der Waals surface area (Å²) in [5.41, 5.74) is 3.08. The van der Waals surface area contributed by atoms with Crippen LogP contribution in [0.5, 0.6) is 5.75 Å². The molecule has 2 saturated heterocycles. The molecule has 0 N–H and O–H groups in total. The van der Waals surface area contributed by atoms with Gasteiger partial charge < -0.3 is 14.5 Å². The molecule has 6 heteroatoms. The molecule has 0 aromatic heterocycles. The second-order valence-corrected chi connectivity index (χ2v) is 8.70. The Morgan fingerprint density at radius 1 is 0.844 bits per heavy atom. The van der Waals surface area contributed by atoms with Crippen LogP contribution in [-0.2, 0) is 17.8 Å². The van der Waals surface area contributed by atoms with Gasteiger partial charge in [0.15, 0.2) is 0 Å². The standard InChI is InChI=1S/C26H33N3O3/c1-32-24-10-7-21(8-11-24)9-12-25(30)28-15-17-29(18-16-28)26(31)23-6-4-5-22(19-23)20-27-13-2-3-14-27/h4-8,10-11,19H,2-3,9,12-18,20H2,1H3. The predicted octanol–water partition coefficient (Wildman–Crippen LogP) is 3.21. The fourth-order valence-corrected chi connectivity index (χ4v) is 4.54. The van der Waals surface area contributed by atoms with E-state index >= 15 is 0 Å². The van der Waals surface area contributed by atoms with Gasteiger partial charge in [0, 0.05) is 44.7 Å². The van der Waals surface area contributed by atoms with E-state index in [4.69, 9.17) is 4.74 Å². The van der Waals surface area contributed by atoms with E-state index < -0.39 is 0 Å². The van der Waals surface area contributed by atoms with Gasteiger partial charge in [-0.25, -0.2) is 0 Å². The minimum Gasteiger partial charge on any atom is -0.497 e. The number of carbonyl (C=O) groups is 2. The first-order valence-corrected chi connectivity index (χ1v) is 11.6. The topological polar surface area (TPSA) is 53.1 Å². The Morgan fingerprint density at radius 3 is 2.22 bits per heavy atom. The van der Waals surface area contributed by atoms with Crippen LogP contribution in [0.1, 0.15) is 40.7 Å². The maximum absolute atomic E-state index is 13.0. The van der Waals surface area contributed by atoms with Gasteiger partial charge in [-0.2, -0.15) is 0 Å². The van der Waals surface area contributed by atoms with Gasteiger partial charge in [0.1, 0.15) is 5.75 Å². The summed E-state index contributed by atoms with van der Waals surface area (Å²) in [5, 5.41) is 0. The maximum atomic E-state index is 13.0. The van der Waals surface area contributed by atoms with E-state index in [-0.39, 0.29) is 11.8 Å². The van der Waals surface area contributed by atoms with Crippen molar-refractivity contribution in [2.75, 3.05) is 46.4 Å². The predicted molar refractivity (Wildman–Crippen MR) is 125 cm³/mol. The van der Waals surface area contributed by atoms with Crippen molar-refractivity contribution in [3.05, 3.63) is 65.2 Å². The molecule has 0 saturated carbocycles. The minimum atomic E-state index is 0.0682. The summed E-state index contributed by atoms with van der Waals surface area (Å²) in [4.78, 5) is 31.9. The van der Waals surface area contributed by atoms with Crippen LogP contribution >= 0.6 is 0 Å². The third kappa shape index (κ3) is 5.68. The van der Waals surface area contributed by atoms with Crippen LogP contribution in [0.25, 0.3) is 0 Å². The lowest BCUT2D eigenvalue weighted by molar-refractivity contribution is -0.132. The zero-order valence-electron chi connectivity index (χ0n) is 19.0. The van der Waals surface area contributed by atoms with Gasteiger partial charge in [0.25, 0.3) is 5.91 Å². The number of amides is 2. The highest BCUT2D eigenvalue weighted by Gasteiger charge is 2.25. The molecule has 2 aliphatic rings. The third-order valence-electron chi connectivity index (χ3n) is 6.48. The molecular weight excluding hydrogens is 402 g/mol. The molecule has 0 bridgehead atoms. The van der Waals surface area contributed by atoms with Gasteiger partial charge in [-0.05, 0) is 67.7 Å². The highest BCUT2D eigenvalue weighted by molar-refractivity contribution is 5.94. The van der Waals surface area contributed by atoms with Crippen LogP contribution in [0.3, 0.4) is 0 Å². The van der Waals surface area contributed by atoms with Crippen LogP contribution in [0, 0.1) is 0 Å². The summed E-state index contributed by atoms with van der Waals surface area (Å²) in [6.45, 7) is 5.57. The number of rotatable bonds is 7. The fourth-order valence-electron chi connectivity index (χ4n) is 4.54. The van der Waals surface area contributed by atoms with Gasteiger partial charge >= 0.3 is 0 Å². The number of likely N-dealkylation sites (tertiary alicyclic amines) is 1. The molecule has 2 aromatic rings.